The van der Waals surface area contributed by atoms with E-state index in [1.54, 1.807) is 0 Å². The number of hydrogen-bond donors (Lipinski definition) is 3. The first-order valence-electron chi connectivity index (χ1n) is 7.88. The molecule has 0 atom stereocenters. The summed E-state index contributed by atoms with van der Waals surface area (Å²) < 4.78 is 27.8. The van der Waals surface area contributed by atoms with Crippen molar-refractivity contribution >= 4 is 39.7 Å². The van der Waals surface area contributed by atoms with Gasteiger partial charge in [0.2, 0.25) is 10.0 Å². The molecule has 0 aliphatic heterocycles. The number of nitrogens with two attached hydrogens (primary N) is 1. The smallest absolute Gasteiger partial charge is 0.307 e. The number of sulfonamides is 1. The summed E-state index contributed by atoms with van der Waals surface area (Å²) in [4.78, 5) is 22.8. The molecule has 1 amide bonds. The van der Waals surface area contributed by atoms with Crippen molar-refractivity contribution in [3.63, 3.8) is 0 Å². The third-order valence-electron chi connectivity index (χ3n) is 3.75. The van der Waals surface area contributed by atoms with E-state index in [4.69, 9.17) is 5.73 Å². The lowest BCUT2D eigenvalue weighted by atomic mass is 10.0. The van der Waals surface area contributed by atoms with Crippen LogP contribution in [0.4, 0.5) is 11.4 Å². The van der Waals surface area contributed by atoms with E-state index in [0.717, 1.165) is 12.4 Å². The van der Waals surface area contributed by atoms with E-state index >= 15 is 0 Å². The van der Waals surface area contributed by atoms with E-state index in [-0.39, 0.29) is 41.8 Å². The highest BCUT2D eigenvalue weighted by Crippen LogP contribution is 2.22. The molecule has 4 N–H and O–H groups in total. The van der Waals surface area contributed by atoms with Crippen LogP contribution in [0.25, 0.3) is 0 Å². The molecule has 0 aliphatic rings. The van der Waals surface area contributed by atoms with Gasteiger partial charge in [0.05, 0.1) is 9.82 Å². The first-order chi connectivity index (χ1) is 12.6. The van der Waals surface area contributed by atoms with Crippen LogP contribution in [-0.4, -0.2) is 42.1 Å². The Kier molecular flexibility index (Phi) is 7.64. The molecule has 1 aromatic heterocycles. The van der Waals surface area contributed by atoms with Crippen LogP contribution in [0, 0.1) is 10.1 Å². The molecule has 2 aromatic rings. The molecule has 1 heterocycles. The summed E-state index contributed by atoms with van der Waals surface area (Å²) in [6.07, 6.45) is 2.20. The zero-order chi connectivity index (χ0) is 20.2. The molecule has 154 valence electrons. The number of benzene rings is 1. The van der Waals surface area contributed by atoms with Gasteiger partial charge >= 0.3 is 5.69 Å². The zero-order valence-electron chi connectivity index (χ0n) is 15.2. The summed E-state index contributed by atoms with van der Waals surface area (Å²) in [5, 5.41) is 17.2. The number of nitrogens with zero attached hydrogens (tertiary/aromatic N) is 3. The van der Waals surface area contributed by atoms with Gasteiger partial charge in [-0.25, -0.2) is 13.1 Å². The molecule has 0 aliphatic carbocycles. The predicted molar refractivity (Wildman–Crippen MR) is 105 cm³/mol. The van der Waals surface area contributed by atoms with Gasteiger partial charge in [0.1, 0.15) is 17.9 Å². The van der Waals surface area contributed by atoms with Crippen LogP contribution in [0.15, 0.2) is 41.6 Å². The fraction of sp³-hybridized carbons (Fsp3) is 0.333. The predicted octanol–water partition coefficient (Wildman–Crippen LogP) is 0.824. The van der Waals surface area contributed by atoms with Crippen molar-refractivity contribution in [2.24, 2.45) is 5.73 Å². The molecule has 0 radical (unpaired) electrons. The van der Waals surface area contributed by atoms with Crippen molar-refractivity contribution in [3.05, 3.63) is 46.8 Å². The maximum Gasteiger partial charge on any atom is 0.307 e. The van der Waals surface area contributed by atoms with Crippen molar-refractivity contribution in [3.8, 4) is 0 Å². The highest BCUT2D eigenvalue weighted by molar-refractivity contribution is 7.89. The number of rotatable bonds is 8. The third-order valence-corrected chi connectivity index (χ3v) is 5.21. The molecule has 0 saturated carbocycles. The Morgan fingerprint density at radius 3 is 2.64 bits per heavy atom. The molecule has 28 heavy (non-hydrogen) atoms. The van der Waals surface area contributed by atoms with Crippen molar-refractivity contribution < 1.29 is 18.1 Å². The van der Waals surface area contributed by atoms with Crippen molar-refractivity contribution in [1.82, 2.24) is 14.5 Å². The third kappa shape index (κ3) is 5.25. The zero-order valence-corrected chi connectivity index (χ0v) is 16.8. The monoisotopic (exact) mass is 432 g/mol. The summed E-state index contributed by atoms with van der Waals surface area (Å²) in [5.41, 5.74) is 4.06. The summed E-state index contributed by atoms with van der Waals surface area (Å²) >= 11 is 0. The lowest BCUT2D eigenvalue weighted by molar-refractivity contribution is -0.385. The van der Waals surface area contributed by atoms with Gasteiger partial charge in [0, 0.05) is 18.8 Å². The van der Waals surface area contributed by atoms with Crippen LogP contribution >= 0.6 is 12.4 Å². The normalized spacial score (nSPS) is 11.5. The fourth-order valence-corrected chi connectivity index (χ4v) is 3.21. The Morgan fingerprint density at radius 2 is 2.07 bits per heavy atom. The number of carbonyl (C=O) groups is 1. The van der Waals surface area contributed by atoms with E-state index in [1.165, 1.54) is 42.8 Å². The minimum absolute atomic E-state index is 0. The van der Waals surface area contributed by atoms with Crippen LogP contribution in [0.2, 0.25) is 0 Å². The van der Waals surface area contributed by atoms with Gasteiger partial charge in [-0.05, 0) is 32.0 Å². The highest BCUT2D eigenvalue weighted by Gasteiger charge is 2.32. The molecule has 11 nitrogen and oxygen atoms in total. The lowest BCUT2D eigenvalue weighted by Crippen LogP contribution is -2.40. The largest absolute Gasteiger partial charge is 0.329 e. The molecular weight excluding hydrogens is 412 g/mol. The number of hydrogen-bond acceptors (Lipinski definition) is 7. The molecule has 0 unspecified atom stereocenters. The van der Waals surface area contributed by atoms with Crippen LogP contribution < -0.4 is 15.8 Å². The van der Waals surface area contributed by atoms with E-state index in [0.29, 0.717) is 0 Å². The Bertz CT molecular complexity index is 959. The molecule has 1 aromatic carbocycles. The van der Waals surface area contributed by atoms with Gasteiger partial charge in [0.15, 0.2) is 0 Å². The summed E-state index contributed by atoms with van der Waals surface area (Å²) in [7, 11) is -3.75. The van der Waals surface area contributed by atoms with Gasteiger partial charge in [-0.2, -0.15) is 5.10 Å². The number of halogens is 1. The Labute approximate surface area is 167 Å². The van der Waals surface area contributed by atoms with Crippen molar-refractivity contribution in [1.29, 1.82) is 0 Å². The highest BCUT2D eigenvalue weighted by atomic mass is 35.5. The van der Waals surface area contributed by atoms with E-state index < -0.39 is 26.4 Å². The molecule has 0 fully saturated rings. The van der Waals surface area contributed by atoms with Crippen molar-refractivity contribution in [2.45, 2.75) is 24.3 Å². The molecular formula is C15H21ClN6O5S. The second kappa shape index (κ2) is 9.10. The number of aromatic nitrogens is 2. The Morgan fingerprint density at radius 1 is 1.39 bits per heavy atom. The Hall–Kier alpha value is -2.54. The molecule has 0 spiro atoms. The number of carbonyl (C=O) groups excluding carboxylic acids is 1. The van der Waals surface area contributed by atoms with Crippen LogP contribution in [0.3, 0.4) is 0 Å². The average molecular weight is 433 g/mol. The van der Waals surface area contributed by atoms with Gasteiger partial charge < -0.3 is 11.1 Å². The number of nitro groups is 1. The maximum atomic E-state index is 12.6. The second-order valence-corrected chi connectivity index (χ2v) is 7.89. The van der Waals surface area contributed by atoms with Gasteiger partial charge in [-0.3, -0.25) is 19.6 Å². The van der Waals surface area contributed by atoms with Crippen LogP contribution in [0.1, 0.15) is 13.8 Å². The SMILES string of the molecule is CC(C)(C(=O)Nc1cccc(S(=O)(=O)NCCN)c1)n1cc([N+](=O)[O-])cn1.Cl. The van der Waals surface area contributed by atoms with Crippen molar-refractivity contribution in [2.75, 3.05) is 18.4 Å². The van der Waals surface area contributed by atoms with E-state index in [2.05, 4.69) is 15.1 Å². The number of nitrogens with one attached hydrogen (secondary N) is 2. The van der Waals surface area contributed by atoms with Gasteiger partial charge in [-0.15, -0.1) is 12.4 Å². The minimum Gasteiger partial charge on any atom is -0.329 e. The first kappa shape index (κ1) is 23.5. The average Bonchev–Trinajstić information content (AvgIpc) is 3.11. The molecule has 2 rings (SSSR count). The minimum atomic E-state index is -3.75. The van der Waals surface area contributed by atoms with Gasteiger partial charge in [0.25, 0.3) is 5.91 Å². The van der Waals surface area contributed by atoms with Gasteiger partial charge in [-0.1, -0.05) is 6.07 Å². The van der Waals surface area contributed by atoms with Crippen LogP contribution in [0.5, 0.6) is 0 Å². The van der Waals surface area contributed by atoms with E-state index in [9.17, 15) is 23.3 Å². The molecule has 13 heteroatoms. The lowest BCUT2D eigenvalue weighted by Gasteiger charge is -2.24. The second-order valence-electron chi connectivity index (χ2n) is 6.13. The molecule has 0 saturated heterocycles. The quantitative estimate of drug-likeness (QED) is 0.410. The topological polar surface area (TPSA) is 162 Å². The van der Waals surface area contributed by atoms with E-state index in [1.807, 2.05) is 0 Å². The maximum absolute atomic E-state index is 12.6. The summed E-state index contributed by atoms with van der Waals surface area (Å²) in [6, 6.07) is 5.70. The standard InChI is InChI=1S/C15H20N6O5S.ClH/c1-15(2,20-10-12(9-17-20)21(23)24)14(22)19-11-4-3-5-13(8-11)27(25,26)18-7-6-16;/h3-5,8-10,18H,6-7,16H2,1-2H3,(H,19,22);1H. The Balaban J connectivity index is 0.00000392. The summed E-state index contributed by atoms with van der Waals surface area (Å²) in [5.74, 6) is -0.523. The van der Waals surface area contributed by atoms with Crippen LogP contribution in [-0.2, 0) is 20.4 Å². The fourth-order valence-electron chi connectivity index (χ4n) is 2.12. The number of anilines is 1. The number of amides is 1. The summed E-state index contributed by atoms with van der Waals surface area (Å²) in [6.45, 7) is 3.30. The first-order valence-corrected chi connectivity index (χ1v) is 9.37. The molecule has 0 bridgehead atoms.